The number of fused-ring (bicyclic) bond motifs is 2. The van der Waals surface area contributed by atoms with Gasteiger partial charge in [0, 0.05) is 23.7 Å². The van der Waals surface area contributed by atoms with E-state index in [1.165, 1.54) is 67.2 Å². The van der Waals surface area contributed by atoms with Gasteiger partial charge in [0.15, 0.2) is 0 Å². The molecule has 2 aromatic rings. The van der Waals surface area contributed by atoms with Gasteiger partial charge in [-0.15, -0.1) is 0 Å². The number of benzene rings is 1. The van der Waals surface area contributed by atoms with Crippen molar-refractivity contribution in [3.05, 3.63) is 35.0 Å². The van der Waals surface area contributed by atoms with Crippen LogP contribution in [0.1, 0.15) is 55.3 Å². The molecule has 1 fully saturated rings. The molecule has 2 aliphatic carbocycles. The largest absolute Gasteiger partial charge is 0.497 e. The highest BCUT2D eigenvalue weighted by Gasteiger charge is 2.20. The van der Waals surface area contributed by atoms with Crippen molar-refractivity contribution in [1.82, 2.24) is 10.3 Å². The molecular formula is C20H26N2O. The molecule has 2 aliphatic rings. The predicted molar refractivity (Wildman–Crippen MR) is 94.0 cm³/mol. The van der Waals surface area contributed by atoms with Gasteiger partial charge in [-0.2, -0.15) is 0 Å². The van der Waals surface area contributed by atoms with Crippen LogP contribution < -0.4 is 10.1 Å². The van der Waals surface area contributed by atoms with E-state index in [4.69, 9.17) is 9.72 Å². The van der Waals surface area contributed by atoms with Crippen LogP contribution in [-0.4, -0.2) is 18.1 Å². The maximum absolute atomic E-state index is 5.45. The zero-order chi connectivity index (χ0) is 15.6. The van der Waals surface area contributed by atoms with Crippen molar-refractivity contribution >= 4 is 10.9 Å². The Morgan fingerprint density at radius 2 is 1.96 bits per heavy atom. The van der Waals surface area contributed by atoms with Crippen LogP contribution in [0.5, 0.6) is 5.75 Å². The molecule has 4 rings (SSSR count). The Labute approximate surface area is 138 Å². The van der Waals surface area contributed by atoms with Crippen molar-refractivity contribution in [2.75, 3.05) is 7.11 Å². The Kier molecular flexibility index (Phi) is 4.21. The molecule has 1 aromatic carbocycles. The smallest absolute Gasteiger partial charge is 0.119 e. The van der Waals surface area contributed by atoms with Crippen molar-refractivity contribution in [3.8, 4) is 5.75 Å². The van der Waals surface area contributed by atoms with E-state index >= 15 is 0 Å². The molecule has 1 saturated carbocycles. The highest BCUT2D eigenvalue weighted by Crippen LogP contribution is 2.31. The van der Waals surface area contributed by atoms with Gasteiger partial charge in [0.25, 0.3) is 0 Å². The molecule has 0 unspecified atom stereocenters. The molecule has 122 valence electrons. The molecule has 0 radical (unpaired) electrons. The maximum Gasteiger partial charge on any atom is 0.119 e. The second-order valence-electron chi connectivity index (χ2n) is 6.97. The Morgan fingerprint density at radius 1 is 1.13 bits per heavy atom. The third kappa shape index (κ3) is 2.94. The quantitative estimate of drug-likeness (QED) is 0.921. The van der Waals surface area contributed by atoms with Gasteiger partial charge in [0.1, 0.15) is 5.75 Å². The van der Waals surface area contributed by atoms with Gasteiger partial charge in [-0.05, 0) is 67.9 Å². The van der Waals surface area contributed by atoms with E-state index in [9.17, 15) is 0 Å². The van der Waals surface area contributed by atoms with Crippen LogP contribution in [0, 0.1) is 0 Å². The fraction of sp³-hybridized carbons (Fsp3) is 0.550. The van der Waals surface area contributed by atoms with E-state index in [1.54, 1.807) is 7.11 Å². The van der Waals surface area contributed by atoms with Gasteiger partial charge in [-0.1, -0.05) is 12.8 Å². The van der Waals surface area contributed by atoms with E-state index in [0.29, 0.717) is 6.04 Å². The topological polar surface area (TPSA) is 34.1 Å². The molecule has 0 amide bonds. The zero-order valence-electron chi connectivity index (χ0n) is 14.0. The highest BCUT2D eigenvalue weighted by atomic mass is 16.5. The number of pyridine rings is 1. The van der Waals surface area contributed by atoms with Crippen LogP contribution in [0.25, 0.3) is 10.9 Å². The fourth-order valence-electron chi connectivity index (χ4n) is 4.21. The first-order valence-corrected chi connectivity index (χ1v) is 9.07. The Morgan fingerprint density at radius 3 is 2.78 bits per heavy atom. The normalized spacial score (nSPS) is 18.3. The van der Waals surface area contributed by atoms with Crippen LogP contribution in [0.4, 0.5) is 0 Å². The lowest BCUT2D eigenvalue weighted by Crippen LogP contribution is -2.26. The van der Waals surface area contributed by atoms with Crippen molar-refractivity contribution in [1.29, 1.82) is 0 Å². The molecule has 3 nitrogen and oxygen atoms in total. The number of methoxy groups -OCH3 is 1. The summed E-state index contributed by atoms with van der Waals surface area (Å²) in [5.74, 6) is 0.928. The molecule has 0 aliphatic heterocycles. The van der Waals surface area contributed by atoms with Crippen molar-refractivity contribution in [2.24, 2.45) is 0 Å². The molecule has 1 N–H and O–H groups in total. The van der Waals surface area contributed by atoms with E-state index in [1.807, 2.05) is 6.07 Å². The molecule has 0 bridgehead atoms. The first kappa shape index (κ1) is 14.9. The number of nitrogens with one attached hydrogen (secondary N) is 1. The summed E-state index contributed by atoms with van der Waals surface area (Å²) in [6, 6.07) is 7.01. The number of aromatic nitrogens is 1. The van der Waals surface area contributed by atoms with Crippen LogP contribution >= 0.6 is 0 Å². The average molecular weight is 310 g/mol. The lowest BCUT2D eigenvalue weighted by molar-refractivity contribution is 0.415. The van der Waals surface area contributed by atoms with Gasteiger partial charge in [0.05, 0.1) is 12.6 Å². The van der Waals surface area contributed by atoms with Gasteiger partial charge in [-0.25, -0.2) is 0 Å². The second kappa shape index (κ2) is 6.48. The number of aryl methyl sites for hydroxylation is 1. The number of hydrogen-bond acceptors (Lipinski definition) is 3. The molecule has 1 heterocycles. The summed E-state index contributed by atoms with van der Waals surface area (Å²) in [6.07, 6.45) is 10.3. The van der Waals surface area contributed by atoms with Crippen molar-refractivity contribution in [3.63, 3.8) is 0 Å². The summed E-state index contributed by atoms with van der Waals surface area (Å²) in [6.45, 7) is 0.971. The summed E-state index contributed by atoms with van der Waals surface area (Å²) in [7, 11) is 1.74. The average Bonchev–Trinajstić information content (AvgIpc) is 3.11. The van der Waals surface area contributed by atoms with Gasteiger partial charge >= 0.3 is 0 Å². The van der Waals surface area contributed by atoms with Gasteiger partial charge in [0.2, 0.25) is 0 Å². The second-order valence-corrected chi connectivity index (χ2v) is 6.97. The van der Waals surface area contributed by atoms with E-state index < -0.39 is 0 Å². The van der Waals surface area contributed by atoms with Crippen LogP contribution in [-0.2, 0) is 19.4 Å². The minimum absolute atomic E-state index is 0.697. The SMILES string of the molecule is COc1ccc2nc3c(c(CNC4CCCC4)c2c1)CCCC3. The number of hydrogen-bond donors (Lipinski definition) is 1. The van der Waals surface area contributed by atoms with Gasteiger partial charge < -0.3 is 10.1 Å². The third-order valence-corrected chi connectivity index (χ3v) is 5.51. The van der Waals surface area contributed by atoms with E-state index in [-0.39, 0.29) is 0 Å². The monoisotopic (exact) mass is 310 g/mol. The summed E-state index contributed by atoms with van der Waals surface area (Å²) >= 11 is 0. The van der Waals surface area contributed by atoms with E-state index in [2.05, 4.69) is 17.4 Å². The summed E-state index contributed by atoms with van der Waals surface area (Å²) < 4.78 is 5.45. The molecule has 0 atom stereocenters. The van der Waals surface area contributed by atoms with Crippen LogP contribution in [0.3, 0.4) is 0 Å². The fourth-order valence-corrected chi connectivity index (χ4v) is 4.21. The minimum atomic E-state index is 0.697. The number of ether oxygens (including phenoxy) is 1. The summed E-state index contributed by atoms with van der Waals surface area (Å²) in [5.41, 5.74) is 5.42. The molecule has 0 saturated heterocycles. The highest BCUT2D eigenvalue weighted by molar-refractivity contribution is 5.85. The number of rotatable bonds is 4. The van der Waals surface area contributed by atoms with Crippen molar-refractivity contribution < 1.29 is 4.74 Å². The molecule has 3 heteroatoms. The summed E-state index contributed by atoms with van der Waals surface area (Å²) in [5, 5.41) is 5.08. The van der Waals surface area contributed by atoms with Crippen LogP contribution in [0.15, 0.2) is 18.2 Å². The Balaban J connectivity index is 1.76. The predicted octanol–water partition coefficient (Wildman–Crippen LogP) is 4.15. The standard InChI is InChI=1S/C20H26N2O/c1-23-15-10-11-20-17(12-15)18(13-21-14-6-2-3-7-14)16-8-4-5-9-19(16)22-20/h10-12,14,21H,2-9,13H2,1H3. The summed E-state index contributed by atoms with van der Waals surface area (Å²) in [4.78, 5) is 4.95. The van der Waals surface area contributed by atoms with E-state index in [0.717, 1.165) is 24.2 Å². The first-order chi connectivity index (χ1) is 11.3. The van der Waals surface area contributed by atoms with Crippen LogP contribution in [0.2, 0.25) is 0 Å². The first-order valence-electron chi connectivity index (χ1n) is 9.07. The number of nitrogens with zero attached hydrogens (tertiary/aromatic N) is 1. The van der Waals surface area contributed by atoms with Crippen molar-refractivity contribution in [2.45, 2.75) is 64.0 Å². The molecule has 1 aromatic heterocycles. The molecule has 0 spiro atoms. The molecular weight excluding hydrogens is 284 g/mol. The third-order valence-electron chi connectivity index (χ3n) is 5.51. The van der Waals surface area contributed by atoms with Gasteiger partial charge in [-0.3, -0.25) is 4.98 Å². The maximum atomic E-state index is 5.45. The lowest BCUT2D eigenvalue weighted by Gasteiger charge is -2.22. The Hall–Kier alpha value is -1.61. The Bertz CT molecular complexity index is 704. The zero-order valence-corrected chi connectivity index (χ0v) is 14.0. The minimum Gasteiger partial charge on any atom is -0.497 e. The molecule has 23 heavy (non-hydrogen) atoms. The lowest BCUT2D eigenvalue weighted by atomic mass is 9.89.